The van der Waals surface area contributed by atoms with E-state index in [1.54, 1.807) is 0 Å². The molecule has 104 valence electrons. The Morgan fingerprint density at radius 3 is 2.20 bits per heavy atom. The van der Waals surface area contributed by atoms with Crippen LogP contribution in [0.3, 0.4) is 0 Å². The molecule has 3 heteroatoms. The van der Waals surface area contributed by atoms with E-state index in [0.29, 0.717) is 12.1 Å². The average Bonchev–Trinajstić information content (AvgIpc) is 2.46. The number of carbonyl (C=O) groups is 1. The number of hydrogen-bond acceptors (Lipinski definition) is 2. The maximum atomic E-state index is 12.9. The third kappa shape index (κ3) is 3.44. The molecule has 20 heavy (non-hydrogen) atoms. The van der Waals surface area contributed by atoms with Crippen LogP contribution in [0.25, 0.3) is 0 Å². The maximum Gasteiger partial charge on any atom is 0.182 e. The lowest BCUT2D eigenvalue weighted by molar-refractivity contribution is 0.0999. The van der Waals surface area contributed by atoms with Gasteiger partial charge in [0.05, 0.1) is 6.54 Å². The van der Waals surface area contributed by atoms with Gasteiger partial charge < -0.3 is 4.90 Å². The van der Waals surface area contributed by atoms with Crippen LogP contribution in [0.5, 0.6) is 0 Å². The third-order valence-electron chi connectivity index (χ3n) is 3.28. The largest absolute Gasteiger partial charge is 0.364 e. The zero-order valence-electron chi connectivity index (χ0n) is 11.8. The van der Waals surface area contributed by atoms with Crippen LogP contribution in [0, 0.1) is 12.7 Å². The molecule has 0 amide bonds. The molecule has 0 aliphatic carbocycles. The number of rotatable bonds is 5. The summed E-state index contributed by atoms with van der Waals surface area (Å²) in [5.41, 5.74) is 2.75. The second-order valence-electron chi connectivity index (χ2n) is 4.78. The van der Waals surface area contributed by atoms with Gasteiger partial charge in [0, 0.05) is 17.8 Å². The molecule has 0 unspecified atom stereocenters. The molecule has 0 saturated carbocycles. The van der Waals surface area contributed by atoms with Crippen LogP contribution in [0.1, 0.15) is 22.8 Å². The number of ketones is 1. The zero-order valence-corrected chi connectivity index (χ0v) is 11.8. The van der Waals surface area contributed by atoms with Crippen molar-refractivity contribution in [3.63, 3.8) is 0 Å². The molecule has 2 aromatic rings. The van der Waals surface area contributed by atoms with Crippen molar-refractivity contribution in [3.05, 3.63) is 65.5 Å². The quantitative estimate of drug-likeness (QED) is 0.770. The van der Waals surface area contributed by atoms with Crippen molar-refractivity contribution in [1.29, 1.82) is 0 Å². The number of anilines is 1. The van der Waals surface area contributed by atoms with Gasteiger partial charge in [-0.3, -0.25) is 4.79 Å². The normalized spacial score (nSPS) is 10.3. The van der Waals surface area contributed by atoms with Gasteiger partial charge in [0.25, 0.3) is 0 Å². The van der Waals surface area contributed by atoms with E-state index in [9.17, 15) is 9.18 Å². The van der Waals surface area contributed by atoms with E-state index in [0.717, 1.165) is 12.2 Å². The van der Waals surface area contributed by atoms with Crippen LogP contribution in [0.4, 0.5) is 10.1 Å². The predicted octanol–water partition coefficient (Wildman–Crippen LogP) is 3.84. The lowest BCUT2D eigenvalue weighted by atomic mass is 10.1. The van der Waals surface area contributed by atoms with Crippen molar-refractivity contribution in [3.8, 4) is 0 Å². The van der Waals surface area contributed by atoms with Crippen molar-refractivity contribution >= 4 is 11.5 Å². The summed E-state index contributed by atoms with van der Waals surface area (Å²) in [6.45, 7) is 5.09. The molecule has 0 atom stereocenters. The number of halogens is 1. The average molecular weight is 271 g/mol. The number of benzene rings is 2. The van der Waals surface area contributed by atoms with Crippen LogP contribution < -0.4 is 4.90 Å². The molecule has 0 aliphatic rings. The van der Waals surface area contributed by atoms with Gasteiger partial charge in [-0.1, -0.05) is 17.7 Å². The van der Waals surface area contributed by atoms with Crippen molar-refractivity contribution in [2.24, 2.45) is 0 Å². The number of hydrogen-bond donors (Lipinski definition) is 0. The number of Topliss-reactive ketones (excluding diaryl/α,β-unsaturated/α-hetero) is 1. The summed E-state index contributed by atoms with van der Waals surface area (Å²) >= 11 is 0. The van der Waals surface area contributed by atoms with Crippen molar-refractivity contribution in [1.82, 2.24) is 0 Å². The predicted molar refractivity (Wildman–Crippen MR) is 79.8 cm³/mol. The summed E-state index contributed by atoms with van der Waals surface area (Å²) in [6.07, 6.45) is 0. The maximum absolute atomic E-state index is 12.9. The van der Waals surface area contributed by atoms with Crippen molar-refractivity contribution in [2.75, 3.05) is 18.0 Å². The summed E-state index contributed by atoms with van der Waals surface area (Å²) < 4.78 is 12.9. The van der Waals surface area contributed by atoms with E-state index in [2.05, 4.69) is 0 Å². The zero-order chi connectivity index (χ0) is 14.5. The SMILES string of the molecule is CCN(CC(=O)c1ccc(F)cc1)c1ccc(C)cc1. The Kier molecular flexibility index (Phi) is 4.51. The second kappa shape index (κ2) is 6.33. The van der Waals surface area contributed by atoms with Gasteiger partial charge in [-0.25, -0.2) is 4.39 Å². The fraction of sp³-hybridized carbons (Fsp3) is 0.235. The highest BCUT2D eigenvalue weighted by atomic mass is 19.1. The second-order valence-corrected chi connectivity index (χ2v) is 4.78. The van der Waals surface area contributed by atoms with Gasteiger partial charge in [0.1, 0.15) is 5.82 Å². The molecular formula is C17H18FNO. The first-order valence-electron chi connectivity index (χ1n) is 6.70. The van der Waals surface area contributed by atoms with E-state index in [1.165, 1.54) is 29.8 Å². The number of carbonyl (C=O) groups excluding carboxylic acids is 1. The topological polar surface area (TPSA) is 20.3 Å². The van der Waals surface area contributed by atoms with Gasteiger partial charge in [-0.15, -0.1) is 0 Å². The first-order chi connectivity index (χ1) is 9.60. The molecule has 0 fully saturated rings. The number of likely N-dealkylation sites (N-methyl/N-ethyl adjacent to an activating group) is 1. The first-order valence-corrected chi connectivity index (χ1v) is 6.70. The molecule has 0 bridgehead atoms. The molecule has 0 radical (unpaired) electrons. The fourth-order valence-electron chi connectivity index (χ4n) is 2.04. The van der Waals surface area contributed by atoms with E-state index in [-0.39, 0.29) is 11.6 Å². The molecule has 0 N–H and O–H groups in total. The van der Waals surface area contributed by atoms with Gasteiger partial charge >= 0.3 is 0 Å². The summed E-state index contributed by atoms with van der Waals surface area (Å²) in [6, 6.07) is 13.8. The molecule has 0 saturated heterocycles. The van der Waals surface area contributed by atoms with Crippen molar-refractivity contribution in [2.45, 2.75) is 13.8 Å². The van der Waals surface area contributed by atoms with E-state index in [1.807, 2.05) is 43.0 Å². The highest BCUT2D eigenvalue weighted by Gasteiger charge is 2.12. The van der Waals surface area contributed by atoms with Crippen LogP contribution in [-0.2, 0) is 0 Å². The van der Waals surface area contributed by atoms with Crippen LogP contribution in [-0.4, -0.2) is 18.9 Å². The van der Waals surface area contributed by atoms with Gasteiger partial charge in [-0.05, 0) is 50.2 Å². The highest BCUT2D eigenvalue weighted by Crippen LogP contribution is 2.15. The van der Waals surface area contributed by atoms with Crippen LogP contribution in [0.15, 0.2) is 48.5 Å². The van der Waals surface area contributed by atoms with Crippen LogP contribution >= 0.6 is 0 Å². The standard InChI is InChI=1S/C17H18FNO/c1-3-19(16-10-4-13(2)5-11-16)12-17(20)14-6-8-15(18)9-7-14/h4-11H,3,12H2,1-2H3. The number of nitrogens with zero attached hydrogens (tertiary/aromatic N) is 1. The highest BCUT2D eigenvalue weighted by molar-refractivity contribution is 5.99. The molecule has 2 aromatic carbocycles. The molecule has 0 aliphatic heterocycles. The molecule has 0 spiro atoms. The van der Waals surface area contributed by atoms with Crippen molar-refractivity contribution < 1.29 is 9.18 Å². The lowest BCUT2D eigenvalue weighted by Crippen LogP contribution is -2.29. The Morgan fingerprint density at radius 1 is 1.05 bits per heavy atom. The van der Waals surface area contributed by atoms with Gasteiger partial charge in [0.15, 0.2) is 5.78 Å². The molecular weight excluding hydrogens is 253 g/mol. The first kappa shape index (κ1) is 14.3. The van der Waals surface area contributed by atoms with E-state index >= 15 is 0 Å². The minimum absolute atomic E-state index is 0.00701. The van der Waals surface area contributed by atoms with E-state index in [4.69, 9.17) is 0 Å². The smallest absolute Gasteiger partial charge is 0.182 e. The van der Waals surface area contributed by atoms with Gasteiger partial charge in [-0.2, -0.15) is 0 Å². The Morgan fingerprint density at radius 2 is 1.65 bits per heavy atom. The minimum Gasteiger partial charge on any atom is -0.364 e. The third-order valence-corrected chi connectivity index (χ3v) is 3.28. The Balaban J connectivity index is 2.11. The molecule has 0 aromatic heterocycles. The molecule has 2 rings (SSSR count). The summed E-state index contributed by atoms with van der Waals surface area (Å²) in [5, 5.41) is 0. The fourth-order valence-corrected chi connectivity index (χ4v) is 2.04. The van der Waals surface area contributed by atoms with Crippen LogP contribution in [0.2, 0.25) is 0 Å². The Hall–Kier alpha value is -2.16. The minimum atomic E-state index is -0.326. The summed E-state index contributed by atoms with van der Waals surface area (Å²) in [5.74, 6) is -0.333. The summed E-state index contributed by atoms with van der Waals surface area (Å²) in [4.78, 5) is 14.2. The molecule has 2 nitrogen and oxygen atoms in total. The Labute approximate surface area is 118 Å². The lowest BCUT2D eigenvalue weighted by Gasteiger charge is -2.22. The monoisotopic (exact) mass is 271 g/mol. The van der Waals surface area contributed by atoms with Gasteiger partial charge in [0.2, 0.25) is 0 Å². The Bertz CT molecular complexity index is 575. The molecule has 0 heterocycles. The van der Waals surface area contributed by atoms with E-state index < -0.39 is 0 Å². The summed E-state index contributed by atoms with van der Waals surface area (Å²) in [7, 11) is 0. The number of aryl methyl sites for hydroxylation is 1.